The van der Waals surface area contributed by atoms with Crippen molar-refractivity contribution in [3.05, 3.63) is 12.2 Å². The quantitative estimate of drug-likeness (QED) is 0.0271. The molecule has 5 N–H and O–H groups in total. The average Bonchev–Trinajstić information content (AvgIpc) is 3.27. The van der Waals surface area contributed by atoms with Gasteiger partial charge in [-0.1, -0.05) is 283 Å². The molecule has 0 saturated carbocycles. The van der Waals surface area contributed by atoms with E-state index < -0.39 is 20.0 Å². The number of hydrogen-bond acceptors (Lipinski definition) is 6. The molecule has 0 spiro atoms. The Hall–Kier alpha value is -0.760. The number of aliphatic hydroxyl groups is 1. The molecule has 3 atom stereocenters. The van der Waals surface area contributed by atoms with Gasteiger partial charge in [-0.2, -0.15) is 0 Å². The summed E-state index contributed by atoms with van der Waals surface area (Å²) >= 11 is 0. The van der Waals surface area contributed by atoms with Crippen molar-refractivity contribution in [1.29, 1.82) is 0 Å². The van der Waals surface area contributed by atoms with Crippen molar-refractivity contribution in [2.75, 3.05) is 19.8 Å². The summed E-state index contributed by atoms with van der Waals surface area (Å²) in [6, 6.07) is -0.855. The summed E-state index contributed by atoms with van der Waals surface area (Å²) in [5, 5.41) is 13.7. The predicted octanol–water partition coefficient (Wildman–Crippen LogP) is 16.7. The van der Waals surface area contributed by atoms with Crippen LogP contribution in [0.4, 0.5) is 0 Å². The molecule has 9 heteroatoms. The van der Waals surface area contributed by atoms with Crippen LogP contribution in [0.1, 0.15) is 296 Å². The lowest BCUT2D eigenvalue weighted by atomic mass is 10.0. The van der Waals surface area contributed by atoms with Gasteiger partial charge in [-0.05, 0) is 19.3 Å². The first-order valence-electron chi connectivity index (χ1n) is 27.8. The number of nitrogens with two attached hydrogens (primary N) is 1. The molecule has 0 aliphatic heterocycles. The smallest absolute Gasteiger partial charge is 0.387 e. The normalized spacial score (nSPS) is 13.8. The zero-order valence-electron chi connectivity index (χ0n) is 42.1. The highest BCUT2D eigenvalue weighted by molar-refractivity contribution is 7.47. The number of phosphoric acid groups is 1. The van der Waals surface area contributed by atoms with Crippen LogP contribution in [0.5, 0.6) is 0 Å². The second-order valence-electron chi connectivity index (χ2n) is 19.2. The molecular formula is C54H109N2O6P. The molecule has 8 nitrogen and oxygen atoms in total. The third kappa shape index (κ3) is 49.0. The van der Waals surface area contributed by atoms with Gasteiger partial charge in [-0.3, -0.25) is 13.8 Å². The number of amides is 1. The van der Waals surface area contributed by atoms with Crippen molar-refractivity contribution in [3.63, 3.8) is 0 Å². The number of aliphatic hydroxyl groups excluding tert-OH is 1. The monoisotopic (exact) mass is 913 g/mol. The van der Waals surface area contributed by atoms with Crippen molar-refractivity contribution in [3.8, 4) is 0 Å². The summed E-state index contributed by atoms with van der Waals surface area (Å²) in [7, 11) is -4.34. The lowest BCUT2D eigenvalue weighted by Crippen LogP contribution is -2.45. The van der Waals surface area contributed by atoms with E-state index >= 15 is 0 Å². The minimum absolute atomic E-state index is 0.0816. The Balaban J connectivity index is 3.87. The number of rotatable bonds is 53. The Labute approximate surface area is 392 Å². The van der Waals surface area contributed by atoms with E-state index in [-0.39, 0.29) is 25.7 Å². The number of nitrogens with one attached hydrogen (secondary N) is 1. The molecule has 0 saturated heterocycles. The minimum Gasteiger partial charge on any atom is -0.387 e. The molecule has 1 unspecified atom stereocenters. The second kappa shape index (κ2) is 50.6. The fourth-order valence-electron chi connectivity index (χ4n) is 8.67. The van der Waals surface area contributed by atoms with Gasteiger partial charge < -0.3 is 21.1 Å². The van der Waals surface area contributed by atoms with Crippen LogP contribution in [0.3, 0.4) is 0 Å². The first-order valence-corrected chi connectivity index (χ1v) is 29.3. The van der Waals surface area contributed by atoms with E-state index in [1.54, 1.807) is 6.08 Å². The Morgan fingerprint density at radius 1 is 0.508 bits per heavy atom. The summed E-state index contributed by atoms with van der Waals surface area (Å²) in [6.45, 7) is 4.18. The van der Waals surface area contributed by atoms with Crippen molar-refractivity contribution >= 4 is 13.7 Å². The lowest BCUT2D eigenvalue weighted by molar-refractivity contribution is -0.123. The largest absolute Gasteiger partial charge is 0.472 e. The Kier molecular flexibility index (Phi) is 50.0. The zero-order chi connectivity index (χ0) is 46.0. The van der Waals surface area contributed by atoms with E-state index in [1.165, 1.54) is 238 Å². The van der Waals surface area contributed by atoms with E-state index in [0.29, 0.717) is 6.42 Å². The summed E-state index contributed by atoms with van der Waals surface area (Å²) < 4.78 is 22.2. The van der Waals surface area contributed by atoms with Crippen LogP contribution in [-0.4, -0.2) is 47.8 Å². The third-order valence-electron chi connectivity index (χ3n) is 12.9. The van der Waals surface area contributed by atoms with E-state index in [0.717, 1.165) is 38.5 Å². The maximum Gasteiger partial charge on any atom is 0.472 e. The van der Waals surface area contributed by atoms with Gasteiger partial charge in [0.1, 0.15) is 0 Å². The standard InChI is InChI=1S/C54H109N2O6P/c1-3-5-7-9-11-13-15-17-19-20-21-22-23-24-25-26-27-28-29-30-31-32-33-34-36-38-40-42-44-46-48-54(58)56-52(51-62-63(59,60)61-50-49-55)53(57)47-45-43-41-39-37-35-18-16-14-12-10-8-6-4-2/h45,47,52-53,57H,3-44,46,48-51,55H2,1-2H3,(H,56,58)(H,59,60)/b47-45+/t52-,53+/m0/s1. The summed E-state index contributed by atoms with van der Waals surface area (Å²) in [6.07, 6.45) is 60.2. The molecular weight excluding hydrogens is 804 g/mol. The van der Waals surface area contributed by atoms with Crippen LogP contribution in [0.25, 0.3) is 0 Å². The van der Waals surface area contributed by atoms with E-state index in [1.807, 2.05) is 6.08 Å². The Morgan fingerprint density at radius 2 is 0.810 bits per heavy atom. The van der Waals surface area contributed by atoms with Crippen molar-refractivity contribution in [2.45, 2.75) is 309 Å². The van der Waals surface area contributed by atoms with Crippen LogP contribution in [0.15, 0.2) is 12.2 Å². The SMILES string of the molecule is CCCCCCCCCCCCCC/C=C/[C@@H](O)[C@H](COP(=O)(O)OCCN)NC(=O)CCCCCCCCCCCCCCCCCCCCCCCCCCCCCCCC. The van der Waals surface area contributed by atoms with Crippen LogP contribution >= 0.6 is 7.82 Å². The van der Waals surface area contributed by atoms with Gasteiger partial charge >= 0.3 is 7.82 Å². The van der Waals surface area contributed by atoms with Gasteiger partial charge in [0.15, 0.2) is 0 Å². The van der Waals surface area contributed by atoms with Gasteiger partial charge in [-0.15, -0.1) is 0 Å². The molecule has 0 bridgehead atoms. The highest BCUT2D eigenvalue weighted by Crippen LogP contribution is 2.43. The summed E-state index contributed by atoms with van der Waals surface area (Å²) in [4.78, 5) is 22.8. The summed E-state index contributed by atoms with van der Waals surface area (Å²) in [5.41, 5.74) is 5.39. The number of carbonyl (C=O) groups excluding carboxylic acids is 1. The van der Waals surface area contributed by atoms with Crippen LogP contribution in [0, 0.1) is 0 Å². The lowest BCUT2D eigenvalue weighted by Gasteiger charge is -2.23. The molecule has 0 heterocycles. The first kappa shape index (κ1) is 62.2. The Morgan fingerprint density at radius 3 is 1.13 bits per heavy atom. The zero-order valence-corrected chi connectivity index (χ0v) is 43.0. The first-order chi connectivity index (χ1) is 30.9. The molecule has 0 fully saturated rings. The number of allylic oxidation sites excluding steroid dienone is 1. The molecule has 1 amide bonds. The summed E-state index contributed by atoms with van der Waals surface area (Å²) in [5.74, 6) is -0.187. The van der Waals surface area contributed by atoms with Crippen LogP contribution in [-0.2, 0) is 18.4 Å². The van der Waals surface area contributed by atoms with E-state index in [2.05, 4.69) is 19.2 Å². The number of unbranched alkanes of at least 4 members (excludes halogenated alkanes) is 41. The molecule has 0 aliphatic rings. The van der Waals surface area contributed by atoms with Crippen LogP contribution in [0.2, 0.25) is 0 Å². The number of carbonyl (C=O) groups is 1. The van der Waals surface area contributed by atoms with E-state index in [9.17, 15) is 19.4 Å². The molecule has 0 aromatic carbocycles. The molecule has 63 heavy (non-hydrogen) atoms. The maximum absolute atomic E-state index is 12.8. The number of hydrogen-bond donors (Lipinski definition) is 4. The second-order valence-corrected chi connectivity index (χ2v) is 20.6. The molecule has 0 radical (unpaired) electrons. The van der Waals surface area contributed by atoms with Crippen molar-refractivity contribution < 1.29 is 28.4 Å². The highest BCUT2D eigenvalue weighted by Gasteiger charge is 2.27. The van der Waals surface area contributed by atoms with Crippen molar-refractivity contribution in [1.82, 2.24) is 5.32 Å². The van der Waals surface area contributed by atoms with Gasteiger partial charge in [-0.25, -0.2) is 4.57 Å². The molecule has 0 aliphatic carbocycles. The number of phosphoric ester groups is 1. The van der Waals surface area contributed by atoms with Gasteiger partial charge in [0.05, 0.1) is 25.4 Å². The topological polar surface area (TPSA) is 131 Å². The minimum atomic E-state index is -4.34. The van der Waals surface area contributed by atoms with Gasteiger partial charge in [0, 0.05) is 13.0 Å². The Bertz CT molecular complexity index is 999. The van der Waals surface area contributed by atoms with Crippen molar-refractivity contribution in [2.24, 2.45) is 5.73 Å². The fourth-order valence-corrected chi connectivity index (χ4v) is 9.43. The third-order valence-corrected chi connectivity index (χ3v) is 13.8. The molecule has 376 valence electrons. The van der Waals surface area contributed by atoms with E-state index in [4.69, 9.17) is 14.8 Å². The molecule has 0 rings (SSSR count). The maximum atomic E-state index is 12.8. The van der Waals surface area contributed by atoms with Gasteiger partial charge in [0.25, 0.3) is 0 Å². The highest BCUT2D eigenvalue weighted by atomic mass is 31.2. The van der Waals surface area contributed by atoms with Gasteiger partial charge in [0.2, 0.25) is 5.91 Å². The molecule has 0 aromatic rings. The fraction of sp³-hybridized carbons (Fsp3) is 0.944. The molecule has 0 aromatic heterocycles. The predicted molar refractivity (Wildman–Crippen MR) is 272 cm³/mol. The average molecular weight is 913 g/mol. The van der Waals surface area contributed by atoms with Crippen LogP contribution < -0.4 is 11.1 Å².